The lowest BCUT2D eigenvalue weighted by molar-refractivity contribution is -0.945. The molecule has 2 rings (SSSR count). The summed E-state index contributed by atoms with van der Waals surface area (Å²) in [4.78, 5) is 4.15. The molecule has 0 radical (unpaired) electrons. The van der Waals surface area contributed by atoms with Crippen molar-refractivity contribution in [2.45, 2.75) is 128 Å². The van der Waals surface area contributed by atoms with Gasteiger partial charge in [0.15, 0.2) is 0 Å². The Kier molecular flexibility index (Phi) is 12.1. The summed E-state index contributed by atoms with van der Waals surface area (Å²) in [6.45, 7) is 13.8. The van der Waals surface area contributed by atoms with Crippen molar-refractivity contribution in [3.05, 3.63) is 29.8 Å². The van der Waals surface area contributed by atoms with Crippen LogP contribution in [-0.4, -0.2) is 49.2 Å². The average Bonchev–Trinajstić information content (AvgIpc) is 2.84. The number of nitrogens with one attached hydrogen (secondary N) is 1. The molecule has 2 atom stereocenters. The maximum Gasteiger partial charge on any atom is 0.144 e. The number of likely N-dealkylation sites (N-methyl/N-ethyl adjacent to an activating group) is 2. The van der Waals surface area contributed by atoms with Crippen LogP contribution in [0, 0.1) is 6.92 Å². The van der Waals surface area contributed by atoms with Gasteiger partial charge in [-0.3, -0.25) is 0 Å². The molecule has 1 aromatic carbocycles. The summed E-state index contributed by atoms with van der Waals surface area (Å²) in [5.41, 5.74) is 1.53. The smallest absolute Gasteiger partial charge is 0.144 e. The first-order valence-corrected chi connectivity index (χ1v) is 14.3. The molecule has 1 aliphatic heterocycles. The number of quaternary nitrogens is 1. The van der Waals surface area contributed by atoms with Gasteiger partial charge in [-0.15, -0.1) is 0 Å². The van der Waals surface area contributed by atoms with Crippen molar-refractivity contribution in [1.29, 1.82) is 0 Å². The second-order valence-electron chi connectivity index (χ2n) is 10.9. The molecule has 0 aliphatic carbocycles. The number of nitrogens with zero attached hydrogens (tertiary/aromatic N) is 1. The minimum atomic E-state index is -4.27. The molecule has 33 heavy (non-hydrogen) atoms. The lowest BCUT2D eigenvalue weighted by Crippen LogP contribution is -3.19. The van der Waals surface area contributed by atoms with Gasteiger partial charge in [-0.1, -0.05) is 76.0 Å². The zero-order chi connectivity index (χ0) is 25.3. The fraction of sp³-hybridized carbons (Fsp3) is 0.778. The van der Waals surface area contributed by atoms with Crippen LogP contribution in [0.4, 0.5) is 0 Å². The van der Waals surface area contributed by atoms with Crippen LogP contribution in [0.2, 0.25) is 0 Å². The van der Waals surface area contributed by atoms with Gasteiger partial charge in [-0.05, 0) is 60.2 Å². The van der Waals surface area contributed by atoms with Crippen molar-refractivity contribution in [3.63, 3.8) is 0 Å². The van der Waals surface area contributed by atoms with E-state index in [1.54, 1.807) is 17.0 Å². The van der Waals surface area contributed by atoms with Crippen molar-refractivity contribution < 1.29 is 17.9 Å². The van der Waals surface area contributed by atoms with Crippen LogP contribution < -0.4 is 4.90 Å². The van der Waals surface area contributed by atoms with Gasteiger partial charge in [0.2, 0.25) is 0 Å². The predicted molar refractivity (Wildman–Crippen MR) is 138 cm³/mol. The molecule has 1 heterocycles. The van der Waals surface area contributed by atoms with Crippen LogP contribution in [0.5, 0.6) is 0 Å². The maximum absolute atomic E-state index is 10.4. The monoisotopic (exact) mass is 482 g/mol. The standard InChI is InChI=1S/C20H42N2.C7H8O3S/c1-8-9-10-11-12-13-14-15-16-17-18-21(6)19(2,3)20(4,5)22(18)7;1-6-2-4-7(5-3-6)11(8,9)10/h18H,8-17H2,1-7H3;2-5H,1H3,(H,8,9,10). The molecule has 0 bridgehead atoms. The Morgan fingerprint density at radius 3 is 1.76 bits per heavy atom. The van der Waals surface area contributed by atoms with Crippen LogP contribution in [0.15, 0.2) is 29.2 Å². The summed E-state index contributed by atoms with van der Waals surface area (Å²) in [7, 11) is 0.453. The molecule has 2 unspecified atom stereocenters. The third-order valence-electron chi connectivity index (χ3n) is 8.26. The Hall–Kier alpha value is -0.950. The van der Waals surface area contributed by atoms with E-state index in [0.29, 0.717) is 11.7 Å². The Bertz CT molecular complexity index is 768. The first kappa shape index (κ1) is 30.1. The Morgan fingerprint density at radius 1 is 0.909 bits per heavy atom. The van der Waals surface area contributed by atoms with Crippen molar-refractivity contribution in [2.24, 2.45) is 0 Å². The van der Waals surface area contributed by atoms with E-state index in [0.717, 1.165) is 5.56 Å². The number of benzene rings is 1. The van der Waals surface area contributed by atoms with Gasteiger partial charge in [-0.25, -0.2) is 13.3 Å². The molecule has 1 aromatic rings. The molecule has 0 amide bonds. The third-order valence-corrected chi connectivity index (χ3v) is 9.10. The number of unbranched alkanes of at least 4 members (excludes halogenated alkanes) is 8. The largest absolute Gasteiger partial charge is 0.744 e. The van der Waals surface area contributed by atoms with E-state index in [1.807, 2.05) is 6.92 Å². The van der Waals surface area contributed by atoms with Gasteiger partial charge in [0.1, 0.15) is 21.8 Å². The van der Waals surface area contributed by atoms with Crippen molar-refractivity contribution in [1.82, 2.24) is 4.90 Å². The first-order valence-electron chi connectivity index (χ1n) is 12.9. The van der Waals surface area contributed by atoms with E-state index in [-0.39, 0.29) is 10.4 Å². The molecule has 192 valence electrons. The Morgan fingerprint density at radius 2 is 1.36 bits per heavy atom. The lowest BCUT2D eigenvalue weighted by atomic mass is 9.83. The minimum absolute atomic E-state index is 0.178. The molecular weight excluding hydrogens is 432 g/mol. The summed E-state index contributed by atoms with van der Waals surface area (Å²) in [6.07, 6.45) is 14.9. The quantitative estimate of drug-likeness (QED) is 0.350. The topological polar surface area (TPSA) is 64.9 Å². The van der Waals surface area contributed by atoms with Gasteiger partial charge in [-0.2, -0.15) is 0 Å². The summed E-state index contributed by atoms with van der Waals surface area (Å²) < 4.78 is 31.2. The van der Waals surface area contributed by atoms with Crippen molar-refractivity contribution in [2.75, 3.05) is 14.1 Å². The van der Waals surface area contributed by atoms with E-state index in [2.05, 4.69) is 53.6 Å². The zero-order valence-electron chi connectivity index (χ0n) is 22.5. The van der Waals surface area contributed by atoms with Crippen LogP contribution in [-0.2, 0) is 10.1 Å². The highest BCUT2D eigenvalue weighted by Gasteiger charge is 2.57. The van der Waals surface area contributed by atoms with E-state index < -0.39 is 10.1 Å². The fourth-order valence-electron chi connectivity index (χ4n) is 4.78. The van der Waals surface area contributed by atoms with E-state index in [9.17, 15) is 13.0 Å². The van der Waals surface area contributed by atoms with Gasteiger partial charge in [0, 0.05) is 6.42 Å². The molecule has 1 saturated heterocycles. The van der Waals surface area contributed by atoms with Gasteiger partial charge in [0.25, 0.3) is 0 Å². The minimum Gasteiger partial charge on any atom is -0.744 e. The number of hydrogen-bond donors (Lipinski definition) is 1. The highest BCUT2D eigenvalue weighted by Crippen LogP contribution is 2.32. The lowest BCUT2D eigenvalue weighted by Gasteiger charge is -2.36. The number of aryl methyl sites for hydroxylation is 1. The molecule has 0 aromatic heterocycles. The molecule has 1 fully saturated rings. The Balaban J connectivity index is 0.000000412. The van der Waals surface area contributed by atoms with Crippen LogP contribution in [0.25, 0.3) is 0 Å². The van der Waals surface area contributed by atoms with Gasteiger partial charge < -0.3 is 9.45 Å². The summed E-state index contributed by atoms with van der Waals surface area (Å²) in [5, 5.41) is 0. The van der Waals surface area contributed by atoms with Crippen molar-refractivity contribution >= 4 is 10.1 Å². The molecular formula is C27H50N2O3S. The summed E-state index contributed by atoms with van der Waals surface area (Å²) in [6, 6.07) is 5.78. The van der Waals surface area contributed by atoms with E-state index in [1.165, 1.54) is 76.3 Å². The van der Waals surface area contributed by atoms with Crippen LogP contribution >= 0.6 is 0 Å². The number of hydrogen-bond acceptors (Lipinski definition) is 4. The van der Waals surface area contributed by atoms with Gasteiger partial charge in [0.05, 0.1) is 17.5 Å². The molecule has 6 heteroatoms. The molecule has 0 saturated carbocycles. The molecule has 5 nitrogen and oxygen atoms in total. The normalized spacial score (nSPS) is 22.1. The number of rotatable bonds is 11. The second kappa shape index (κ2) is 13.2. The summed E-state index contributed by atoms with van der Waals surface area (Å²) in [5.74, 6) is 0. The van der Waals surface area contributed by atoms with E-state index >= 15 is 0 Å². The van der Waals surface area contributed by atoms with Crippen LogP contribution in [0.1, 0.15) is 104 Å². The fourth-order valence-corrected chi connectivity index (χ4v) is 5.25. The highest BCUT2D eigenvalue weighted by molar-refractivity contribution is 7.85. The van der Waals surface area contributed by atoms with Crippen molar-refractivity contribution in [3.8, 4) is 0 Å². The second-order valence-corrected chi connectivity index (χ2v) is 12.3. The zero-order valence-corrected chi connectivity index (χ0v) is 23.4. The summed E-state index contributed by atoms with van der Waals surface area (Å²) >= 11 is 0. The molecule has 0 spiro atoms. The highest BCUT2D eigenvalue weighted by atomic mass is 32.2. The molecule has 1 aliphatic rings. The third kappa shape index (κ3) is 8.65. The predicted octanol–water partition coefficient (Wildman–Crippen LogP) is 5.15. The average molecular weight is 483 g/mol. The van der Waals surface area contributed by atoms with Gasteiger partial charge >= 0.3 is 0 Å². The van der Waals surface area contributed by atoms with E-state index in [4.69, 9.17) is 0 Å². The molecule has 1 N–H and O–H groups in total. The maximum atomic E-state index is 10.4. The SMILES string of the molecule is CCCCCCCCCCCC1N(C)C(C)(C)C(C)(C)[NH+]1C.Cc1ccc(S(=O)(=O)[O-])cc1. The first-order chi connectivity index (χ1) is 15.3. The Labute approximate surface area is 204 Å². The van der Waals surface area contributed by atoms with Crippen LogP contribution in [0.3, 0.4) is 0 Å².